The molecule has 0 aromatic carbocycles. The van der Waals surface area contributed by atoms with Gasteiger partial charge in [-0.1, -0.05) is 12.2 Å². The summed E-state index contributed by atoms with van der Waals surface area (Å²) >= 11 is 4.56. The van der Waals surface area contributed by atoms with Gasteiger partial charge in [-0.15, -0.1) is 0 Å². The molecule has 0 saturated carbocycles. The summed E-state index contributed by atoms with van der Waals surface area (Å²) < 4.78 is 24.6. The molecule has 0 spiro atoms. The first-order valence-corrected chi connectivity index (χ1v) is 6.30. The Morgan fingerprint density at radius 3 is 2.64 bits per heavy atom. The van der Waals surface area contributed by atoms with Crippen LogP contribution in [0.5, 0.6) is 0 Å². The molecule has 0 radical (unpaired) electrons. The molecule has 82 valence electrons. The Hall–Kier alpha value is -0.240. The molecule has 1 aliphatic heterocycles. The summed E-state index contributed by atoms with van der Waals surface area (Å²) in [6.45, 7) is 1.90. The molecule has 1 fully saturated rings. The van der Waals surface area contributed by atoms with Gasteiger partial charge in [-0.05, 0) is 13.3 Å². The molecule has 0 aromatic rings. The highest BCUT2D eigenvalue weighted by Gasteiger charge is 2.36. The number of hydrogen-bond donors (Lipinski definition) is 2. The van der Waals surface area contributed by atoms with E-state index in [-0.39, 0.29) is 23.3 Å². The summed E-state index contributed by atoms with van der Waals surface area (Å²) in [6, 6.07) is -0.177. The highest BCUT2D eigenvalue weighted by molar-refractivity contribution is 7.92. The third-order valence-corrected chi connectivity index (χ3v) is 4.40. The van der Waals surface area contributed by atoms with Crippen LogP contribution < -0.4 is 5.73 Å². The molecule has 1 aliphatic rings. The monoisotopic (exact) mass is 238 g/mol. The lowest BCUT2D eigenvalue weighted by Crippen LogP contribution is -2.39. The summed E-state index contributed by atoms with van der Waals surface area (Å²) in [7, 11) is -3.43. The number of nitrogens with zero attached hydrogens (tertiary/aromatic N) is 1. The van der Waals surface area contributed by atoms with Crippen molar-refractivity contribution in [3.8, 4) is 0 Å². The molecule has 5 nitrogen and oxygen atoms in total. The first-order chi connectivity index (χ1) is 6.33. The summed E-state index contributed by atoms with van der Waals surface area (Å²) in [5.41, 5.74) is 5.19. The lowest BCUT2D eigenvalue weighted by molar-refractivity contribution is 0.189. The molecule has 0 amide bonds. The highest BCUT2D eigenvalue weighted by Crippen LogP contribution is 2.21. The summed E-state index contributed by atoms with van der Waals surface area (Å²) in [6.07, 6.45) is -0.109. The number of aliphatic hydroxyl groups is 1. The van der Waals surface area contributed by atoms with E-state index in [2.05, 4.69) is 12.2 Å². The first kappa shape index (κ1) is 11.8. The maximum atomic E-state index is 11.6. The number of aliphatic hydroxyl groups excluding tert-OH is 1. The van der Waals surface area contributed by atoms with Crippen LogP contribution in [0.2, 0.25) is 0 Å². The fraction of sp³-hybridized carbons (Fsp3) is 0.857. The third-order valence-electron chi connectivity index (χ3n) is 2.18. The molecule has 1 rings (SSSR count). The maximum absolute atomic E-state index is 11.6. The van der Waals surface area contributed by atoms with Crippen LogP contribution in [-0.4, -0.2) is 47.3 Å². The van der Waals surface area contributed by atoms with E-state index in [0.717, 1.165) is 0 Å². The minimum atomic E-state index is -3.43. The van der Waals surface area contributed by atoms with E-state index in [4.69, 9.17) is 5.73 Å². The normalized spacial score (nSPS) is 29.3. The first-order valence-electron chi connectivity index (χ1n) is 4.29. The predicted octanol–water partition coefficient (Wildman–Crippen LogP) is -0.943. The summed E-state index contributed by atoms with van der Waals surface area (Å²) in [4.78, 5) is -0.0430. The third kappa shape index (κ3) is 2.63. The molecule has 0 bridgehead atoms. The fourth-order valence-electron chi connectivity index (χ4n) is 1.62. The zero-order valence-electron chi connectivity index (χ0n) is 7.88. The van der Waals surface area contributed by atoms with Crippen molar-refractivity contribution in [3.63, 3.8) is 0 Å². The fourth-order valence-corrected chi connectivity index (χ4v) is 3.63. The largest absolute Gasteiger partial charge is 0.392 e. The van der Waals surface area contributed by atoms with Crippen molar-refractivity contribution >= 4 is 27.2 Å². The van der Waals surface area contributed by atoms with Gasteiger partial charge in [0, 0.05) is 12.6 Å². The van der Waals surface area contributed by atoms with Crippen LogP contribution in [0.25, 0.3) is 0 Å². The lowest BCUT2D eigenvalue weighted by Gasteiger charge is -2.19. The van der Waals surface area contributed by atoms with Gasteiger partial charge in [-0.3, -0.25) is 0 Å². The Labute approximate surface area is 88.9 Å². The Bertz CT molecular complexity index is 328. The highest BCUT2D eigenvalue weighted by atomic mass is 32.2. The molecule has 3 N–H and O–H groups in total. The van der Waals surface area contributed by atoms with Crippen LogP contribution in [-0.2, 0) is 10.0 Å². The topological polar surface area (TPSA) is 83.6 Å². The van der Waals surface area contributed by atoms with Crippen molar-refractivity contribution in [1.82, 2.24) is 4.31 Å². The molecule has 14 heavy (non-hydrogen) atoms. The number of sulfonamides is 1. The molecular formula is C7H14N2O3S2. The SMILES string of the molecule is CC1CC(O)CN1S(=O)(=O)CC(N)=S. The van der Waals surface area contributed by atoms with E-state index in [1.165, 1.54) is 4.31 Å². The number of thiocarbonyl (C=S) groups is 1. The average Bonchev–Trinajstić information content (AvgIpc) is 2.27. The molecule has 2 unspecified atom stereocenters. The maximum Gasteiger partial charge on any atom is 0.220 e. The Balaban J connectivity index is 2.78. The van der Waals surface area contributed by atoms with E-state index in [1.54, 1.807) is 6.92 Å². The Morgan fingerprint density at radius 2 is 2.29 bits per heavy atom. The molecule has 2 atom stereocenters. The van der Waals surface area contributed by atoms with Gasteiger partial charge in [0.15, 0.2) is 0 Å². The minimum absolute atomic E-state index is 0.0430. The van der Waals surface area contributed by atoms with Crippen LogP contribution >= 0.6 is 12.2 Å². The minimum Gasteiger partial charge on any atom is -0.392 e. The van der Waals surface area contributed by atoms with E-state index >= 15 is 0 Å². The molecule has 0 aromatic heterocycles. The summed E-state index contributed by atoms with van der Waals surface area (Å²) in [5.74, 6) is -0.320. The van der Waals surface area contributed by atoms with Crippen molar-refractivity contribution < 1.29 is 13.5 Å². The second kappa shape index (κ2) is 4.09. The van der Waals surface area contributed by atoms with Crippen LogP contribution in [0.4, 0.5) is 0 Å². The van der Waals surface area contributed by atoms with Gasteiger partial charge >= 0.3 is 0 Å². The van der Waals surface area contributed by atoms with Gasteiger partial charge in [0.2, 0.25) is 10.0 Å². The average molecular weight is 238 g/mol. The van der Waals surface area contributed by atoms with E-state index in [9.17, 15) is 13.5 Å². The molecular weight excluding hydrogens is 224 g/mol. The zero-order chi connectivity index (χ0) is 10.9. The van der Waals surface area contributed by atoms with Crippen molar-refractivity contribution in [2.45, 2.75) is 25.5 Å². The van der Waals surface area contributed by atoms with E-state index in [1.807, 2.05) is 0 Å². The van der Waals surface area contributed by atoms with Crippen molar-refractivity contribution in [2.24, 2.45) is 5.73 Å². The quantitative estimate of drug-likeness (QED) is 0.620. The number of β-amino-alcohol motifs (C(OH)–C–C–N with tert-alkyl or cyclic N) is 1. The Morgan fingerprint density at radius 1 is 1.71 bits per heavy atom. The smallest absolute Gasteiger partial charge is 0.220 e. The second-order valence-corrected chi connectivity index (χ2v) is 5.98. The van der Waals surface area contributed by atoms with Gasteiger partial charge in [0.1, 0.15) is 5.75 Å². The summed E-state index contributed by atoms with van der Waals surface area (Å²) in [5, 5.41) is 9.30. The van der Waals surface area contributed by atoms with Crippen LogP contribution in [0.1, 0.15) is 13.3 Å². The number of rotatable bonds is 3. The van der Waals surface area contributed by atoms with Gasteiger partial charge in [0.05, 0.1) is 11.1 Å². The van der Waals surface area contributed by atoms with Gasteiger partial charge < -0.3 is 10.8 Å². The van der Waals surface area contributed by atoms with Crippen molar-refractivity contribution in [1.29, 1.82) is 0 Å². The van der Waals surface area contributed by atoms with Gasteiger partial charge in [0.25, 0.3) is 0 Å². The van der Waals surface area contributed by atoms with Gasteiger partial charge in [-0.25, -0.2) is 8.42 Å². The lowest BCUT2D eigenvalue weighted by atomic mass is 10.2. The number of hydrogen-bond acceptors (Lipinski definition) is 4. The predicted molar refractivity (Wildman–Crippen MR) is 57.4 cm³/mol. The van der Waals surface area contributed by atoms with E-state index in [0.29, 0.717) is 6.42 Å². The molecule has 7 heteroatoms. The molecule has 1 saturated heterocycles. The van der Waals surface area contributed by atoms with Crippen molar-refractivity contribution in [3.05, 3.63) is 0 Å². The van der Waals surface area contributed by atoms with Gasteiger partial charge in [-0.2, -0.15) is 4.31 Å². The second-order valence-electron chi connectivity index (χ2n) is 3.53. The Kier molecular flexibility index (Phi) is 3.46. The molecule has 1 heterocycles. The van der Waals surface area contributed by atoms with E-state index < -0.39 is 16.1 Å². The molecule has 0 aliphatic carbocycles. The van der Waals surface area contributed by atoms with Crippen LogP contribution in [0.15, 0.2) is 0 Å². The standard InChI is InChI=1S/C7H14N2O3S2/c1-5-2-6(10)3-9(5)14(11,12)4-7(8)13/h5-6,10H,2-4H2,1H3,(H2,8,13). The van der Waals surface area contributed by atoms with Crippen LogP contribution in [0, 0.1) is 0 Å². The zero-order valence-corrected chi connectivity index (χ0v) is 9.51. The van der Waals surface area contributed by atoms with Crippen molar-refractivity contribution in [2.75, 3.05) is 12.3 Å². The number of nitrogens with two attached hydrogens (primary N) is 1. The van der Waals surface area contributed by atoms with Crippen LogP contribution in [0.3, 0.4) is 0 Å².